The Morgan fingerprint density at radius 3 is 2.68 bits per heavy atom. The summed E-state index contributed by atoms with van der Waals surface area (Å²) in [7, 11) is 0. The highest BCUT2D eigenvalue weighted by molar-refractivity contribution is 6.06. The van der Waals surface area contributed by atoms with E-state index in [4.69, 9.17) is 0 Å². The van der Waals surface area contributed by atoms with E-state index >= 15 is 0 Å². The zero-order valence-corrected chi connectivity index (χ0v) is 17.5. The Labute approximate surface area is 180 Å². The molecule has 5 heteroatoms. The van der Waals surface area contributed by atoms with Crippen LogP contribution in [0.15, 0.2) is 48.0 Å². The number of benzene rings is 2. The number of ketones is 1. The maximum Gasteiger partial charge on any atom is 0.387 e. The van der Waals surface area contributed by atoms with Gasteiger partial charge in [-0.05, 0) is 102 Å². The van der Waals surface area contributed by atoms with Gasteiger partial charge in [-0.2, -0.15) is 8.78 Å². The minimum absolute atomic E-state index is 0.116. The maximum atomic E-state index is 13.4. The number of carbonyl (C=O) groups is 1. The van der Waals surface area contributed by atoms with Crippen molar-refractivity contribution in [3.05, 3.63) is 64.7 Å². The largest absolute Gasteiger partial charge is 0.508 e. The van der Waals surface area contributed by atoms with Gasteiger partial charge in [-0.1, -0.05) is 25.1 Å². The van der Waals surface area contributed by atoms with Gasteiger partial charge in [-0.25, -0.2) is 0 Å². The van der Waals surface area contributed by atoms with Crippen molar-refractivity contribution in [1.29, 1.82) is 0 Å². The first-order valence-electron chi connectivity index (χ1n) is 11.0. The van der Waals surface area contributed by atoms with Gasteiger partial charge in [-0.15, -0.1) is 0 Å². The molecule has 4 atom stereocenters. The van der Waals surface area contributed by atoms with Crippen molar-refractivity contribution in [1.82, 2.24) is 0 Å². The van der Waals surface area contributed by atoms with E-state index in [0.717, 1.165) is 43.2 Å². The summed E-state index contributed by atoms with van der Waals surface area (Å²) in [5, 5.41) is 9.85. The zero-order valence-electron chi connectivity index (χ0n) is 17.5. The number of halogens is 2. The summed E-state index contributed by atoms with van der Waals surface area (Å²) in [6.07, 6.45) is 6.53. The van der Waals surface area contributed by atoms with Crippen molar-refractivity contribution in [2.75, 3.05) is 0 Å². The highest BCUT2D eigenvalue weighted by Gasteiger charge is 2.56. The Balaban J connectivity index is 1.41. The molecule has 0 radical (unpaired) electrons. The van der Waals surface area contributed by atoms with E-state index in [0.29, 0.717) is 23.5 Å². The molecule has 3 aliphatic rings. The lowest BCUT2D eigenvalue weighted by molar-refractivity contribution is -0.127. The fourth-order valence-electron chi connectivity index (χ4n) is 6.31. The third-order valence-corrected chi connectivity index (χ3v) is 7.80. The lowest BCUT2D eigenvalue weighted by atomic mass is 9.55. The van der Waals surface area contributed by atoms with Crippen molar-refractivity contribution >= 4 is 11.9 Å². The molecule has 0 heterocycles. The van der Waals surface area contributed by atoms with Gasteiger partial charge in [0.25, 0.3) is 0 Å². The fourth-order valence-corrected chi connectivity index (χ4v) is 6.31. The minimum atomic E-state index is -2.85. The summed E-state index contributed by atoms with van der Waals surface area (Å²) >= 11 is 0. The molecule has 162 valence electrons. The molecule has 0 bridgehead atoms. The Morgan fingerprint density at radius 1 is 1.16 bits per heavy atom. The van der Waals surface area contributed by atoms with Gasteiger partial charge in [-0.3, -0.25) is 4.79 Å². The quantitative estimate of drug-likeness (QED) is 0.605. The molecule has 0 saturated heterocycles. The number of aryl methyl sites for hydroxylation is 1. The number of hydrogen-bond acceptors (Lipinski definition) is 3. The predicted molar refractivity (Wildman–Crippen MR) is 114 cm³/mol. The monoisotopic (exact) mass is 424 g/mol. The summed E-state index contributed by atoms with van der Waals surface area (Å²) in [6.45, 7) is -0.718. The van der Waals surface area contributed by atoms with Crippen LogP contribution in [0.2, 0.25) is 0 Å². The Bertz CT molecular complexity index is 1040. The maximum absolute atomic E-state index is 13.4. The summed E-state index contributed by atoms with van der Waals surface area (Å²) in [4.78, 5) is 13.4. The van der Waals surface area contributed by atoms with E-state index in [1.165, 1.54) is 23.3 Å². The first-order valence-corrected chi connectivity index (χ1v) is 11.0. The molecule has 3 nitrogen and oxygen atoms in total. The minimum Gasteiger partial charge on any atom is -0.508 e. The molecular formula is C26H26F2O3. The third-order valence-electron chi connectivity index (χ3n) is 7.80. The fraction of sp³-hybridized carbons (Fsp3) is 0.423. The first-order chi connectivity index (χ1) is 14.8. The van der Waals surface area contributed by atoms with Crippen molar-refractivity contribution < 1.29 is 23.4 Å². The lowest BCUT2D eigenvalue weighted by Gasteiger charge is -2.48. The normalized spacial score (nSPS) is 30.8. The number of phenols is 1. The lowest BCUT2D eigenvalue weighted by Crippen LogP contribution is -2.42. The van der Waals surface area contributed by atoms with Crippen LogP contribution in [0.3, 0.4) is 0 Å². The summed E-state index contributed by atoms with van der Waals surface area (Å²) in [5.41, 5.74) is 3.92. The van der Waals surface area contributed by atoms with Gasteiger partial charge in [0, 0.05) is 5.41 Å². The number of ether oxygens (including phenoxy) is 1. The molecule has 3 aliphatic carbocycles. The highest BCUT2D eigenvalue weighted by Crippen LogP contribution is 2.60. The van der Waals surface area contributed by atoms with Crippen LogP contribution >= 0.6 is 0 Å². The molecule has 0 unspecified atom stereocenters. The van der Waals surface area contributed by atoms with Crippen LogP contribution in [-0.4, -0.2) is 17.5 Å². The number of Topliss-reactive ketones (excluding diaryl/α,β-unsaturated/α-hetero) is 1. The predicted octanol–water partition coefficient (Wildman–Crippen LogP) is 6.11. The summed E-state index contributed by atoms with van der Waals surface area (Å²) < 4.78 is 29.2. The second kappa shape index (κ2) is 7.47. The molecule has 31 heavy (non-hydrogen) atoms. The second-order valence-corrected chi connectivity index (χ2v) is 9.41. The van der Waals surface area contributed by atoms with Crippen LogP contribution in [0, 0.1) is 17.3 Å². The first kappa shape index (κ1) is 20.2. The molecule has 0 amide bonds. The molecule has 5 rings (SSSR count). The molecule has 2 saturated carbocycles. The van der Waals surface area contributed by atoms with E-state index in [1.807, 2.05) is 12.1 Å². The number of rotatable bonds is 3. The Morgan fingerprint density at radius 2 is 1.94 bits per heavy atom. The van der Waals surface area contributed by atoms with Gasteiger partial charge in [0.2, 0.25) is 0 Å². The highest BCUT2D eigenvalue weighted by atomic mass is 19.3. The van der Waals surface area contributed by atoms with Gasteiger partial charge >= 0.3 is 6.61 Å². The molecule has 0 aliphatic heterocycles. The van der Waals surface area contributed by atoms with Crippen LogP contribution in [0.25, 0.3) is 6.08 Å². The number of hydrogen-bond donors (Lipinski definition) is 1. The second-order valence-electron chi connectivity index (χ2n) is 9.41. The number of allylic oxidation sites excluding steroid dienone is 1. The van der Waals surface area contributed by atoms with Crippen LogP contribution in [0.1, 0.15) is 55.2 Å². The smallest absolute Gasteiger partial charge is 0.387 e. The van der Waals surface area contributed by atoms with Crippen molar-refractivity contribution in [2.24, 2.45) is 17.3 Å². The molecule has 0 aromatic heterocycles. The number of carbonyl (C=O) groups excluding carboxylic acids is 1. The zero-order chi connectivity index (χ0) is 21.8. The standard InChI is InChI=1S/C26H26F2O3/c1-26-11-10-21-20-9-5-18(29)13-16(20)4-8-22(21)23(26)14-17(24(26)30)12-15-2-6-19(7-3-15)31-25(27)28/h2-3,5-7,9,12-13,21-23,25,29H,4,8,10-11,14H2,1H3/b17-12+/t21-,22+,23+,26-/m1/s1. The SMILES string of the molecule is C[C@@]12CC[C@@H]3c4ccc(O)cc4CC[C@@H]3[C@@H]1C/C(=C\c1ccc(OC(F)F)cc1)C2=O. The summed E-state index contributed by atoms with van der Waals surface area (Å²) in [5.74, 6) is 1.90. The van der Waals surface area contributed by atoms with Crippen molar-refractivity contribution in [3.63, 3.8) is 0 Å². The third kappa shape index (κ3) is 3.44. The van der Waals surface area contributed by atoms with Gasteiger partial charge in [0.05, 0.1) is 0 Å². The average Bonchev–Trinajstić information content (AvgIpc) is 2.99. The van der Waals surface area contributed by atoms with Crippen molar-refractivity contribution in [3.8, 4) is 11.5 Å². The van der Waals surface area contributed by atoms with E-state index in [-0.39, 0.29) is 16.9 Å². The van der Waals surface area contributed by atoms with Gasteiger partial charge in [0.1, 0.15) is 11.5 Å². The van der Waals surface area contributed by atoms with E-state index in [9.17, 15) is 18.7 Å². The van der Waals surface area contributed by atoms with Gasteiger partial charge in [0.15, 0.2) is 5.78 Å². The molecule has 1 N–H and O–H groups in total. The topological polar surface area (TPSA) is 46.5 Å². The summed E-state index contributed by atoms with van der Waals surface area (Å²) in [6, 6.07) is 12.2. The van der Waals surface area contributed by atoms with E-state index in [2.05, 4.69) is 17.7 Å². The van der Waals surface area contributed by atoms with Crippen LogP contribution in [0.4, 0.5) is 8.78 Å². The number of fused-ring (bicyclic) bond motifs is 5. The average molecular weight is 424 g/mol. The van der Waals surface area contributed by atoms with Crippen LogP contribution in [0.5, 0.6) is 11.5 Å². The Hall–Kier alpha value is -2.69. The molecule has 0 spiro atoms. The number of phenolic OH excluding ortho intramolecular Hbond substituents is 1. The van der Waals surface area contributed by atoms with Crippen LogP contribution in [-0.2, 0) is 11.2 Å². The number of aromatic hydroxyl groups is 1. The Kier molecular flexibility index (Phi) is 4.87. The van der Waals surface area contributed by atoms with E-state index in [1.54, 1.807) is 18.2 Å². The van der Waals surface area contributed by atoms with E-state index < -0.39 is 6.61 Å². The van der Waals surface area contributed by atoms with Crippen LogP contribution < -0.4 is 4.74 Å². The number of alkyl halides is 2. The van der Waals surface area contributed by atoms with Gasteiger partial charge < -0.3 is 9.84 Å². The molecule has 2 fully saturated rings. The molecular weight excluding hydrogens is 398 g/mol. The van der Waals surface area contributed by atoms with Crippen molar-refractivity contribution in [2.45, 2.75) is 51.6 Å². The molecule has 2 aromatic rings. The molecule has 2 aromatic carbocycles.